The molecule has 0 aliphatic carbocycles. The minimum atomic E-state index is -3.48. The van der Waals surface area contributed by atoms with Gasteiger partial charge in [-0.15, -0.1) is 0 Å². The molecule has 0 radical (unpaired) electrons. The average molecular weight is 420 g/mol. The van der Waals surface area contributed by atoms with Crippen molar-refractivity contribution in [2.75, 3.05) is 25.5 Å². The number of nitrogens with zero attached hydrogens (tertiary/aromatic N) is 2. The van der Waals surface area contributed by atoms with Crippen molar-refractivity contribution in [1.82, 2.24) is 9.21 Å². The number of likely N-dealkylation sites (N-methyl/N-ethyl adjacent to an activating group) is 1. The highest BCUT2D eigenvalue weighted by atomic mass is 32.2. The summed E-state index contributed by atoms with van der Waals surface area (Å²) >= 11 is 0. The van der Waals surface area contributed by atoms with Crippen LogP contribution >= 0.6 is 0 Å². The Bertz CT molecular complexity index is 957. The summed E-state index contributed by atoms with van der Waals surface area (Å²) in [7, 11) is -1.72. The monoisotopic (exact) mass is 419 g/mol. The lowest BCUT2D eigenvalue weighted by molar-refractivity contribution is -0.120. The Morgan fingerprint density at radius 1 is 1.14 bits per heavy atom. The first kappa shape index (κ1) is 21.4. The molecule has 2 aromatic carbocycles. The predicted molar refractivity (Wildman–Crippen MR) is 110 cm³/mol. The Labute approximate surface area is 171 Å². The van der Waals surface area contributed by atoms with E-state index in [9.17, 15) is 17.6 Å². The maximum absolute atomic E-state index is 13.8. The summed E-state index contributed by atoms with van der Waals surface area (Å²) in [6, 6.07) is 12.2. The fraction of sp³-hybridized carbons (Fsp3) is 0.381. The van der Waals surface area contributed by atoms with E-state index in [0.29, 0.717) is 30.9 Å². The van der Waals surface area contributed by atoms with Gasteiger partial charge in [-0.05, 0) is 57.1 Å². The molecule has 156 valence electrons. The Hall–Kier alpha value is -2.29. The number of rotatable bonds is 7. The third-order valence-electron chi connectivity index (χ3n) is 5.24. The van der Waals surface area contributed by atoms with Crippen molar-refractivity contribution in [3.63, 3.8) is 0 Å². The molecule has 1 heterocycles. The Kier molecular flexibility index (Phi) is 6.66. The van der Waals surface area contributed by atoms with Crippen molar-refractivity contribution in [3.8, 4) is 0 Å². The topological polar surface area (TPSA) is 69.7 Å². The number of benzene rings is 2. The Balaban J connectivity index is 1.62. The van der Waals surface area contributed by atoms with Crippen molar-refractivity contribution in [2.45, 2.75) is 37.2 Å². The van der Waals surface area contributed by atoms with E-state index in [4.69, 9.17) is 0 Å². The Morgan fingerprint density at radius 2 is 1.76 bits per heavy atom. The second-order valence-corrected chi connectivity index (χ2v) is 9.25. The van der Waals surface area contributed by atoms with Gasteiger partial charge in [0.25, 0.3) is 0 Å². The highest BCUT2D eigenvalue weighted by Gasteiger charge is 2.27. The van der Waals surface area contributed by atoms with E-state index in [1.807, 2.05) is 0 Å². The van der Waals surface area contributed by atoms with Crippen molar-refractivity contribution in [3.05, 3.63) is 59.9 Å². The van der Waals surface area contributed by atoms with Crippen LogP contribution in [0.2, 0.25) is 0 Å². The number of hydrogen-bond acceptors (Lipinski definition) is 4. The van der Waals surface area contributed by atoms with Crippen LogP contribution in [0.3, 0.4) is 0 Å². The molecule has 29 heavy (non-hydrogen) atoms. The molecular weight excluding hydrogens is 393 g/mol. The zero-order chi connectivity index (χ0) is 21.0. The standard InChI is InChI=1S/C21H26FN3O3S/c1-16(24(2)15-17-7-3-4-8-20(17)22)21(26)23-18-9-11-19(12-10-18)29(27,28)25-13-5-6-14-25/h3-4,7-12,16H,5-6,13-15H2,1-2H3,(H,23,26)/t16-/m1/s1. The van der Waals surface area contributed by atoms with E-state index in [1.54, 1.807) is 49.2 Å². The summed E-state index contributed by atoms with van der Waals surface area (Å²) in [5.74, 6) is -0.555. The van der Waals surface area contributed by atoms with Gasteiger partial charge in [0, 0.05) is 30.9 Å². The molecular formula is C21H26FN3O3S. The van der Waals surface area contributed by atoms with Gasteiger partial charge < -0.3 is 5.32 Å². The molecule has 1 aliphatic rings. The normalized spacial score (nSPS) is 16.1. The number of halogens is 1. The first-order chi connectivity index (χ1) is 13.8. The molecule has 0 aromatic heterocycles. The number of amides is 1. The molecule has 0 spiro atoms. The molecule has 1 fully saturated rings. The lowest BCUT2D eigenvalue weighted by Crippen LogP contribution is -2.39. The number of nitrogens with one attached hydrogen (secondary N) is 1. The van der Waals surface area contributed by atoms with Gasteiger partial charge in [-0.2, -0.15) is 4.31 Å². The van der Waals surface area contributed by atoms with Crippen molar-refractivity contribution in [2.24, 2.45) is 0 Å². The number of carbonyl (C=O) groups is 1. The third kappa shape index (κ3) is 5.01. The molecule has 1 N–H and O–H groups in total. The molecule has 1 atom stereocenters. The summed E-state index contributed by atoms with van der Waals surface area (Å²) in [6.07, 6.45) is 1.76. The van der Waals surface area contributed by atoms with Crippen LogP contribution in [0.1, 0.15) is 25.3 Å². The molecule has 1 amide bonds. The predicted octanol–water partition coefficient (Wildman–Crippen LogP) is 3.07. The summed E-state index contributed by atoms with van der Waals surface area (Å²) in [5, 5.41) is 2.79. The summed E-state index contributed by atoms with van der Waals surface area (Å²) < 4.78 is 40.4. The van der Waals surface area contributed by atoms with Gasteiger partial charge in [0.2, 0.25) is 15.9 Å². The molecule has 0 unspecified atom stereocenters. The van der Waals surface area contributed by atoms with Crippen LogP contribution in [-0.4, -0.2) is 49.7 Å². The van der Waals surface area contributed by atoms with E-state index >= 15 is 0 Å². The van der Waals surface area contributed by atoms with Gasteiger partial charge >= 0.3 is 0 Å². The van der Waals surface area contributed by atoms with E-state index in [-0.39, 0.29) is 16.6 Å². The fourth-order valence-electron chi connectivity index (χ4n) is 3.27. The second kappa shape index (κ2) is 9.02. The number of hydrogen-bond donors (Lipinski definition) is 1. The number of anilines is 1. The molecule has 1 aliphatic heterocycles. The minimum absolute atomic E-state index is 0.224. The van der Waals surface area contributed by atoms with E-state index in [1.165, 1.54) is 22.5 Å². The van der Waals surface area contributed by atoms with Crippen molar-refractivity contribution < 1.29 is 17.6 Å². The lowest BCUT2D eigenvalue weighted by Gasteiger charge is -2.24. The SMILES string of the molecule is C[C@H](C(=O)Nc1ccc(S(=O)(=O)N2CCCC2)cc1)N(C)Cc1ccccc1F. The van der Waals surface area contributed by atoms with Gasteiger partial charge in [0.15, 0.2) is 0 Å². The van der Waals surface area contributed by atoms with Crippen molar-refractivity contribution in [1.29, 1.82) is 0 Å². The van der Waals surface area contributed by atoms with Crippen LogP contribution in [0.25, 0.3) is 0 Å². The summed E-state index contributed by atoms with van der Waals surface area (Å²) in [6.45, 7) is 3.13. The van der Waals surface area contributed by atoms with Gasteiger partial charge in [0.05, 0.1) is 10.9 Å². The zero-order valence-electron chi connectivity index (χ0n) is 16.6. The molecule has 2 aromatic rings. The maximum Gasteiger partial charge on any atom is 0.243 e. The number of sulfonamides is 1. The van der Waals surface area contributed by atoms with Crippen LogP contribution in [0.15, 0.2) is 53.4 Å². The van der Waals surface area contributed by atoms with E-state index < -0.39 is 16.1 Å². The fourth-order valence-corrected chi connectivity index (χ4v) is 4.78. The van der Waals surface area contributed by atoms with Crippen LogP contribution in [0.5, 0.6) is 0 Å². The summed E-state index contributed by atoms with van der Waals surface area (Å²) in [4.78, 5) is 14.5. The van der Waals surface area contributed by atoms with Crippen LogP contribution < -0.4 is 5.32 Å². The van der Waals surface area contributed by atoms with Gasteiger partial charge in [0.1, 0.15) is 5.82 Å². The molecule has 8 heteroatoms. The second-order valence-electron chi connectivity index (χ2n) is 7.31. The molecule has 1 saturated heterocycles. The molecule has 0 bridgehead atoms. The quantitative estimate of drug-likeness (QED) is 0.749. The van der Waals surface area contributed by atoms with Gasteiger partial charge in [-0.3, -0.25) is 9.69 Å². The number of carbonyl (C=O) groups excluding carboxylic acids is 1. The highest BCUT2D eigenvalue weighted by molar-refractivity contribution is 7.89. The third-order valence-corrected chi connectivity index (χ3v) is 7.16. The smallest absolute Gasteiger partial charge is 0.243 e. The average Bonchev–Trinajstić information content (AvgIpc) is 3.25. The zero-order valence-corrected chi connectivity index (χ0v) is 17.5. The van der Waals surface area contributed by atoms with Crippen LogP contribution in [0, 0.1) is 5.82 Å². The molecule has 3 rings (SSSR count). The largest absolute Gasteiger partial charge is 0.325 e. The maximum atomic E-state index is 13.8. The minimum Gasteiger partial charge on any atom is -0.325 e. The van der Waals surface area contributed by atoms with Gasteiger partial charge in [-0.1, -0.05) is 18.2 Å². The van der Waals surface area contributed by atoms with E-state index in [0.717, 1.165) is 12.8 Å². The van der Waals surface area contributed by atoms with Crippen LogP contribution in [-0.2, 0) is 21.4 Å². The highest BCUT2D eigenvalue weighted by Crippen LogP contribution is 2.22. The molecule has 6 nitrogen and oxygen atoms in total. The first-order valence-corrected chi connectivity index (χ1v) is 11.1. The van der Waals surface area contributed by atoms with Crippen LogP contribution in [0.4, 0.5) is 10.1 Å². The summed E-state index contributed by atoms with van der Waals surface area (Å²) in [5.41, 5.74) is 1.03. The first-order valence-electron chi connectivity index (χ1n) is 9.64. The van der Waals surface area contributed by atoms with Crippen molar-refractivity contribution >= 4 is 21.6 Å². The Morgan fingerprint density at radius 3 is 2.38 bits per heavy atom. The van der Waals surface area contributed by atoms with Gasteiger partial charge in [-0.25, -0.2) is 12.8 Å². The lowest BCUT2D eigenvalue weighted by atomic mass is 10.1. The molecule has 0 saturated carbocycles. The van der Waals surface area contributed by atoms with E-state index in [2.05, 4.69) is 5.32 Å².